The molecule has 0 saturated carbocycles. The van der Waals surface area contributed by atoms with Crippen LogP contribution in [0.4, 0.5) is 5.69 Å². The number of amides is 1. The van der Waals surface area contributed by atoms with Crippen molar-refractivity contribution in [3.05, 3.63) is 95.3 Å². The number of rotatable bonds is 7. The van der Waals surface area contributed by atoms with Gasteiger partial charge in [0.15, 0.2) is 0 Å². The third-order valence-corrected chi connectivity index (χ3v) is 7.15. The summed E-state index contributed by atoms with van der Waals surface area (Å²) in [5.41, 5.74) is 7.93. The molecule has 6 nitrogen and oxygen atoms in total. The average molecular weight is 495 g/mol. The van der Waals surface area contributed by atoms with Crippen LogP contribution in [0.2, 0.25) is 0 Å². The molecule has 1 aliphatic heterocycles. The highest BCUT2D eigenvalue weighted by molar-refractivity contribution is 6.05. The van der Waals surface area contributed by atoms with E-state index in [1.54, 1.807) is 7.11 Å². The molecule has 1 amide bonds. The second-order valence-corrected chi connectivity index (χ2v) is 9.63. The van der Waals surface area contributed by atoms with Crippen molar-refractivity contribution in [3.8, 4) is 17.0 Å². The van der Waals surface area contributed by atoms with Crippen LogP contribution in [0.1, 0.15) is 47.7 Å². The fourth-order valence-electron chi connectivity index (χ4n) is 4.95. The van der Waals surface area contributed by atoms with Gasteiger partial charge in [0.1, 0.15) is 11.4 Å². The summed E-state index contributed by atoms with van der Waals surface area (Å²) >= 11 is 0. The molecule has 0 fully saturated rings. The summed E-state index contributed by atoms with van der Waals surface area (Å²) in [5.74, 6) is 0.650. The van der Waals surface area contributed by atoms with E-state index in [4.69, 9.17) is 9.72 Å². The number of carbonyl (C=O) groups excluding carboxylic acids is 1. The molecule has 6 heteroatoms. The van der Waals surface area contributed by atoms with Crippen molar-refractivity contribution in [2.45, 2.75) is 39.7 Å². The first-order valence-electron chi connectivity index (χ1n) is 13.0. The molecule has 0 spiro atoms. The summed E-state index contributed by atoms with van der Waals surface area (Å²) in [6.45, 7) is 6.99. The number of aryl methyl sites for hydroxylation is 1. The number of anilines is 1. The van der Waals surface area contributed by atoms with Gasteiger partial charge in [0.25, 0.3) is 5.91 Å². The van der Waals surface area contributed by atoms with Gasteiger partial charge in [-0.3, -0.25) is 9.69 Å². The number of ether oxygens (including phenoxy) is 1. The van der Waals surface area contributed by atoms with Crippen LogP contribution in [0.25, 0.3) is 16.9 Å². The average Bonchev–Trinajstić information content (AvgIpc) is 3.24. The standard InChI is InChI=1S/C31H34N4O2/c1-4-23-8-6-16-34(18-15-23)20-25-19-27(37-3)13-14-28(25)31(36)32-26-11-9-24(10-12-26)29-21-35-17-5-7-22(2)30(35)33-29/h5,7-14,17,19,21H,4,6,15-16,18,20H2,1-3H3,(H,32,36). The molecule has 2 aromatic heterocycles. The van der Waals surface area contributed by atoms with Crippen LogP contribution < -0.4 is 10.1 Å². The lowest BCUT2D eigenvalue weighted by molar-refractivity contribution is 0.102. The van der Waals surface area contributed by atoms with Gasteiger partial charge in [-0.1, -0.05) is 36.8 Å². The second kappa shape index (κ2) is 11.0. The zero-order valence-electron chi connectivity index (χ0n) is 21.8. The first kappa shape index (κ1) is 24.8. The van der Waals surface area contributed by atoms with Gasteiger partial charge in [-0.05, 0) is 73.7 Å². The normalized spacial score (nSPS) is 14.3. The Labute approximate surface area is 218 Å². The molecule has 0 aliphatic carbocycles. The Bertz CT molecular complexity index is 1440. The molecule has 37 heavy (non-hydrogen) atoms. The second-order valence-electron chi connectivity index (χ2n) is 9.63. The SMILES string of the molecule is CCC1=CCCN(Cc2cc(OC)ccc2C(=O)Nc2ccc(-c3cn4cccc(C)c4n3)cc2)CC1. The highest BCUT2D eigenvalue weighted by Gasteiger charge is 2.17. The zero-order valence-corrected chi connectivity index (χ0v) is 21.8. The summed E-state index contributed by atoms with van der Waals surface area (Å²) in [4.78, 5) is 20.6. The highest BCUT2D eigenvalue weighted by Crippen LogP contribution is 2.25. The summed E-state index contributed by atoms with van der Waals surface area (Å²) in [5, 5.41) is 3.08. The van der Waals surface area contributed by atoms with Crippen molar-refractivity contribution in [2.75, 3.05) is 25.5 Å². The van der Waals surface area contributed by atoms with Crippen molar-refractivity contribution in [1.82, 2.24) is 14.3 Å². The Morgan fingerprint density at radius 1 is 1.11 bits per heavy atom. The van der Waals surface area contributed by atoms with E-state index in [0.29, 0.717) is 5.56 Å². The Morgan fingerprint density at radius 3 is 2.70 bits per heavy atom. The van der Waals surface area contributed by atoms with Crippen LogP contribution in [-0.2, 0) is 6.54 Å². The van der Waals surface area contributed by atoms with Gasteiger partial charge in [0.2, 0.25) is 0 Å². The maximum Gasteiger partial charge on any atom is 0.255 e. The molecule has 190 valence electrons. The largest absolute Gasteiger partial charge is 0.497 e. The van der Waals surface area contributed by atoms with E-state index in [0.717, 1.165) is 78.4 Å². The predicted octanol–water partition coefficient (Wildman–Crippen LogP) is 6.50. The Morgan fingerprint density at radius 2 is 1.95 bits per heavy atom. The van der Waals surface area contributed by atoms with Crippen molar-refractivity contribution in [2.24, 2.45) is 0 Å². The number of hydrogen-bond donors (Lipinski definition) is 1. The van der Waals surface area contributed by atoms with Gasteiger partial charge in [-0.25, -0.2) is 4.98 Å². The fraction of sp³-hybridized carbons (Fsp3) is 0.290. The summed E-state index contributed by atoms with van der Waals surface area (Å²) < 4.78 is 7.51. The summed E-state index contributed by atoms with van der Waals surface area (Å²) in [6.07, 6.45) is 9.64. The van der Waals surface area contributed by atoms with Gasteiger partial charge < -0.3 is 14.5 Å². The molecule has 5 rings (SSSR count). The molecular formula is C31H34N4O2. The van der Waals surface area contributed by atoms with E-state index >= 15 is 0 Å². The van der Waals surface area contributed by atoms with Gasteiger partial charge in [0.05, 0.1) is 12.8 Å². The topological polar surface area (TPSA) is 58.9 Å². The molecule has 1 aliphatic rings. The molecule has 0 saturated heterocycles. The van der Waals surface area contributed by atoms with Crippen LogP contribution in [-0.4, -0.2) is 40.4 Å². The molecule has 1 N–H and O–H groups in total. The van der Waals surface area contributed by atoms with E-state index in [2.05, 4.69) is 36.2 Å². The van der Waals surface area contributed by atoms with E-state index in [1.807, 2.05) is 65.3 Å². The summed E-state index contributed by atoms with van der Waals surface area (Å²) in [6, 6.07) is 17.6. The van der Waals surface area contributed by atoms with E-state index in [1.165, 1.54) is 5.57 Å². The van der Waals surface area contributed by atoms with Gasteiger partial charge in [-0.2, -0.15) is 0 Å². The van der Waals surface area contributed by atoms with Crippen molar-refractivity contribution in [3.63, 3.8) is 0 Å². The third-order valence-electron chi connectivity index (χ3n) is 7.15. The van der Waals surface area contributed by atoms with Gasteiger partial charge in [0, 0.05) is 48.8 Å². The van der Waals surface area contributed by atoms with Gasteiger partial charge >= 0.3 is 0 Å². The number of fused-ring (bicyclic) bond motifs is 1. The monoisotopic (exact) mass is 494 g/mol. The highest BCUT2D eigenvalue weighted by atomic mass is 16.5. The molecule has 0 atom stereocenters. The fourth-order valence-corrected chi connectivity index (χ4v) is 4.95. The Kier molecular flexibility index (Phi) is 7.37. The number of nitrogens with zero attached hydrogens (tertiary/aromatic N) is 3. The Hall–Kier alpha value is -3.90. The minimum Gasteiger partial charge on any atom is -0.497 e. The quantitative estimate of drug-likeness (QED) is 0.298. The molecule has 0 radical (unpaired) electrons. The molecular weight excluding hydrogens is 460 g/mol. The van der Waals surface area contributed by atoms with Crippen LogP contribution in [0.15, 0.2) is 78.6 Å². The molecule has 4 aromatic rings. The Balaban J connectivity index is 1.32. The number of hydrogen-bond acceptors (Lipinski definition) is 4. The van der Waals surface area contributed by atoms with Gasteiger partial charge in [-0.15, -0.1) is 0 Å². The minimum absolute atomic E-state index is 0.115. The maximum absolute atomic E-state index is 13.4. The van der Waals surface area contributed by atoms with Crippen molar-refractivity contribution >= 4 is 17.2 Å². The number of nitrogens with one attached hydrogen (secondary N) is 1. The van der Waals surface area contributed by atoms with E-state index < -0.39 is 0 Å². The van der Waals surface area contributed by atoms with E-state index in [-0.39, 0.29) is 5.91 Å². The molecule has 2 aromatic carbocycles. The predicted molar refractivity (Wildman–Crippen MR) is 149 cm³/mol. The van der Waals surface area contributed by atoms with Crippen LogP contribution in [0, 0.1) is 6.92 Å². The van der Waals surface area contributed by atoms with Crippen LogP contribution >= 0.6 is 0 Å². The lowest BCUT2D eigenvalue weighted by Crippen LogP contribution is -2.26. The summed E-state index contributed by atoms with van der Waals surface area (Å²) in [7, 11) is 1.66. The molecule has 0 unspecified atom stereocenters. The van der Waals surface area contributed by atoms with Crippen LogP contribution in [0.3, 0.4) is 0 Å². The zero-order chi connectivity index (χ0) is 25.8. The third kappa shape index (κ3) is 5.59. The van der Waals surface area contributed by atoms with E-state index in [9.17, 15) is 4.79 Å². The first-order chi connectivity index (χ1) is 18.0. The van der Waals surface area contributed by atoms with Crippen LogP contribution in [0.5, 0.6) is 5.75 Å². The first-order valence-corrected chi connectivity index (χ1v) is 13.0. The van der Waals surface area contributed by atoms with Crippen molar-refractivity contribution in [1.29, 1.82) is 0 Å². The van der Waals surface area contributed by atoms with Crippen molar-refractivity contribution < 1.29 is 9.53 Å². The number of pyridine rings is 1. The lowest BCUT2D eigenvalue weighted by atomic mass is 10.0. The molecule has 0 bridgehead atoms. The molecule has 3 heterocycles. The number of aromatic nitrogens is 2. The maximum atomic E-state index is 13.4. The number of benzene rings is 2. The number of carbonyl (C=O) groups is 1. The minimum atomic E-state index is -0.115. The lowest BCUT2D eigenvalue weighted by Gasteiger charge is -2.22. The number of imidazole rings is 1. The smallest absolute Gasteiger partial charge is 0.255 e. The number of methoxy groups -OCH3 is 1.